The smallest absolute Gasteiger partial charge is 0.326 e. The molecule has 17 heavy (non-hydrogen) atoms. The Hall–Kier alpha value is -0.610. The first-order valence-corrected chi connectivity index (χ1v) is 6.70. The average Bonchev–Trinajstić information content (AvgIpc) is 2.70. The molecule has 0 spiro atoms. The second-order valence-corrected chi connectivity index (χ2v) is 5.11. The van der Waals surface area contributed by atoms with Gasteiger partial charge in [-0.2, -0.15) is 0 Å². The van der Waals surface area contributed by atoms with E-state index in [1.165, 1.54) is 12.8 Å². The topological polar surface area (TPSA) is 55.6 Å². The van der Waals surface area contributed by atoms with Gasteiger partial charge in [-0.3, -0.25) is 4.79 Å². The summed E-state index contributed by atoms with van der Waals surface area (Å²) in [5.74, 6) is -0.230. The van der Waals surface area contributed by atoms with Gasteiger partial charge in [0.15, 0.2) is 0 Å². The summed E-state index contributed by atoms with van der Waals surface area (Å²) in [6.45, 7) is 5.50. The molecule has 1 rings (SSSR count). The Bertz CT molecular complexity index is 258. The Morgan fingerprint density at radius 2 is 2.24 bits per heavy atom. The molecule has 1 saturated carbocycles. The number of hydrogen-bond donors (Lipinski definition) is 1. The Balaban J connectivity index is 2.47. The van der Waals surface area contributed by atoms with Gasteiger partial charge in [0.25, 0.3) is 0 Å². The van der Waals surface area contributed by atoms with Gasteiger partial charge < -0.3 is 15.4 Å². The third kappa shape index (κ3) is 3.68. The first kappa shape index (κ1) is 14.5. The predicted octanol–water partition coefficient (Wildman–Crippen LogP) is 1.53. The number of esters is 1. The van der Waals surface area contributed by atoms with Crippen molar-refractivity contribution in [3.63, 3.8) is 0 Å². The Labute approximate surface area is 104 Å². The van der Waals surface area contributed by atoms with Gasteiger partial charge in [-0.05, 0) is 46.2 Å². The molecule has 1 fully saturated rings. The van der Waals surface area contributed by atoms with Crippen molar-refractivity contribution in [1.29, 1.82) is 0 Å². The molecule has 2 N–H and O–H groups in total. The van der Waals surface area contributed by atoms with Crippen LogP contribution in [0.5, 0.6) is 0 Å². The molecule has 0 aliphatic heterocycles. The molecule has 0 aromatic heterocycles. The fraction of sp³-hybridized carbons (Fsp3) is 0.923. The van der Waals surface area contributed by atoms with Gasteiger partial charge in [0.2, 0.25) is 0 Å². The normalized spacial score (nSPS) is 28.6. The molecule has 2 unspecified atom stereocenters. The minimum Gasteiger partial charge on any atom is -0.465 e. The summed E-state index contributed by atoms with van der Waals surface area (Å²) >= 11 is 0. The standard InChI is InChI=1S/C13H26N2O2/c1-4-6-9-15(3)11-7-8-13(14,10-11)12(16)17-5-2/h11H,4-10,14H2,1-3H3. The molecule has 0 heterocycles. The lowest BCUT2D eigenvalue weighted by Crippen LogP contribution is -2.48. The number of nitrogens with two attached hydrogens (primary N) is 1. The van der Waals surface area contributed by atoms with Crippen molar-refractivity contribution in [2.75, 3.05) is 20.2 Å². The summed E-state index contributed by atoms with van der Waals surface area (Å²) in [6.07, 6.45) is 4.86. The number of unbranched alkanes of at least 4 members (excludes halogenated alkanes) is 1. The zero-order chi connectivity index (χ0) is 12.9. The summed E-state index contributed by atoms with van der Waals surface area (Å²) in [4.78, 5) is 14.1. The van der Waals surface area contributed by atoms with Gasteiger partial charge in [-0.1, -0.05) is 13.3 Å². The molecule has 4 nitrogen and oxygen atoms in total. The monoisotopic (exact) mass is 242 g/mol. The summed E-state index contributed by atoms with van der Waals surface area (Å²) in [5.41, 5.74) is 5.40. The van der Waals surface area contributed by atoms with Gasteiger partial charge in [0.1, 0.15) is 5.54 Å². The maximum atomic E-state index is 11.8. The number of carbonyl (C=O) groups excluding carboxylic acids is 1. The first-order chi connectivity index (χ1) is 8.03. The summed E-state index contributed by atoms with van der Waals surface area (Å²) in [6, 6.07) is 0.427. The van der Waals surface area contributed by atoms with Crippen LogP contribution in [0.15, 0.2) is 0 Å². The molecule has 0 saturated heterocycles. The van der Waals surface area contributed by atoms with Gasteiger partial charge in [-0.25, -0.2) is 0 Å². The van der Waals surface area contributed by atoms with Crippen molar-refractivity contribution in [3.8, 4) is 0 Å². The van der Waals surface area contributed by atoms with Crippen molar-refractivity contribution in [3.05, 3.63) is 0 Å². The number of rotatable bonds is 6. The van der Waals surface area contributed by atoms with E-state index in [0.717, 1.165) is 25.8 Å². The molecule has 0 bridgehead atoms. The number of ether oxygens (including phenoxy) is 1. The predicted molar refractivity (Wildman–Crippen MR) is 68.7 cm³/mol. The lowest BCUT2D eigenvalue weighted by molar-refractivity contribution is -0.149. The van der Waals surface area contributed by atoms with E-state index in [9.17, 15) is 4.79 Å². The Morgan fingerprint density at radius 1 is 1.53 bits per heavy atom. The molecule has 0 radical (unpaired) electrons. The van der Waals surface area contributed by atoms with Crippen molar-refractivity contribution in [2.24, 2.45) is 5.73 Å². The van der Waals surface area contributed by atoms with Crippen LogP contribution in [0.25, 0.3) is 0 Å². The minimum atomic E-state index is -0.749. The molecule has 0 aromatic carbocycles. The largest absolute Gasteiger partial charge is 0.465 e. The first-order valence-electron chi connectivity index (χ1n) is 6.70. The molecule has 0 aromatic rings. The third-order valence-electron chi connectivity index (χ3n) is 3.69. The second-order valence-electron chi connectivity index (χ2n) is 5.11. The van der Waals surface area contributed by atoms with E-state index in [1.54, 1.807) is 0 Å². The SMILES string of the molecule is CCCCN(C)C1CCC(N)(C(=O)OCC)C1. The Kier molecular flexibility index (Phi) is 5.40. The maximum absolute atomic E-state index is 11.8. The highest BCUT2D eigenvalue weighted by Crippen LogP contribution is 2.31. The van der Waals surface area contributed by atoms with E-state index in [2.05, 4.69) is 18.9 Å². The molecule has 2 atom stereocenters. The van der Waals surface area contributed by atoms with Crippen LogP contribution < -0.4 is 5.73 Å². The van der Waals surface area contributed by atoms with Crippen LogP contribution in [0, 0.1) is 0 Å². The van der Waals surface area contributed by atoms with Crippen LogP contribution in [0.3, 0.4) is 0 Å². The van der Waals surface area contributed by atoms with E-state index >= 15 is 0 Å². The molecule has 100 valence electrons. The molecule has 4 heteroatoms. The molecular weight excluding hydrogens is 216 g/mol. The number of nitrogens with zero attached hydrogens (tertiary/aromatic N) is 1. The van der Waals surface area contributed by atoms with E-state index in [1.807, 2.05) is 6.92 Å². The highest BCUT2D eigenvalue weighted by molar-refractivity contribution is 5.81. The highest BCUT2D eigenvalue weighted by atomic mass is 16.5. The van der Waals surface area contributed by atoms with E-state index in [-0.39, 0.29) is 5.97 Å². The average molecular weight is 242 g/mol. The van der Waals surface area contributed by atoms with E-state index in [0.29, 0.717) is 12.6 Å². The third-order valence-corrected chi connectivity index (χ3v) is 3.69. The maximum Gasteiger partial charge on any atom is 0.326 e. The molecule has 0 amide bonds. The van der Waals surface area contributed by atoms with Crippen LogP contribution in [0.4, 0.5) is 0 Å². The summed E-state index contributed by atoms with van der Waals surface area (Å²) in [5, 5.41) is 0. The van der Waals surface area contributed by atoms with Crippen LogP contribution in [0.1, 0.15) is 46.0 Å². The van der Waals surface area contributed by atoms with Gasteiger partial charge in [-0.15, -0.1) is 0 Å². The quantitative estimate of drug-likeness (QED) is 0.718. The fourth-order valence-corrected chi connectivity index (χ4v) is 2.48. The van der Waals surface area contributed by atoms with Crippen molar-refractivity contribution in [1.82, 2.24) is 4.90 Å². The number of carbonyl (C=O) groups is 1. The second kappa shape index (κ2) is 6.36. The van der Waals surface area contributed by atoms with E-state index in [4.69, 9.17) is 10.5 Å². The zero-order valence-corrected chi connectivity index (χ0v) is 11.4. The molecule has 1 aliphatic carbocycles. The lowest BCUT2D eigenvalue weighted by Gasteiger charge is -2.26. The minimum absolute atomic E-state index is 0.230. The van der Waals surface area contributed by atoms with Crippen LogP contribution >= 0.6 is 0 Å². The fourth-order valence-electron chi connectivity index (χ4n) is 2.48. The zero-order valence-electron chi connectivity index (χ0n) is 11.4. The van der Waals surface area contributed by atoms with Gasteiger partial charge in [0.05, 0.1) is 6.61 Å². The van der Waals surface area contributed by atoms with Crippen LogP contribution in [-0.2, 0) is 9.53 Å². The van der Waals surface area contributed by atoms with Crippen molar-refractivity contribution >= 4 is 5.97 Å². The summed E-state index contributed by atoms with van der Waals surface area (Å²) < 4.78 is 5.06. The lowest BCUT2D eigenvalue weighted by atomic mass is 9.99. The highest BCUT2D eigenvalue weighted by Gasteiger charge is 2.44. The Morgan fingerprint density at radius 3 is 2.82 bits per heavy atom. The van der Waals surface area contributed by atoms with Crippen LogP contribution in [-0.4, -0.2) is 42.6 Å². The van der Waals surface area contributed by atoms with E-state index < -0.39 is 5.54 Å². The van der Waals surface area contributed by atoms with Crippen molar-refractivity contribution < 1.29 is 9.53 Å². The van der Waals surface area contributed by atoms with Crippen LogP contribution in [0.2, 0.25) is 0 Å². The van der Waals surface area contributed by atoms with Gasteiger partial charge >= 0.3 is 5.97 Å². The summed E-state index contributed by atoms with van der Waals surface area (Å²) in [7, 11) is 2.12. The number of hydrogen-bond acceptors (Lipinski definition) is 4. The van der Waals surface area contributed by atoms with Crippen molar-refractivity contribution in [2.45, 2.75) is 57.5 Å². The molecule has 1 aliphatic rings. The molecular formula is C13H26N2O2. The van der Waals surface area contributed by atoms with Gasteiger partial charge in [0, 0.05) is 6.04 Å².